The zero-order valence-electron chi connectivity index (χ0n) is 12.9. The molecule has 1 aromatic carbocycles. The lowest BCUT2D eigenvalue weighted by Crippen LogP contribution is -2.33. The Kier molecular flexibility index (Phi) is 6.68. The highest BCUT2D eigenvalue weighted by atomic mass is 16.5. The number of ether oxygens (including phenoxy) is 1. The largest absolute Gasteiger partial charge is 0.393 e. The van der Waals surface area contributed by atoms with E-state index in [0.29, 0.717) is 25.6 Å². The van der Waals surface area contributed by atoms with Gasteiger partial charge in [-0.2, -0.15) is 0 Å². The molecule has 1 saturated carbocycles. The monoisotopic (exact) mass is 292 g/mol. The van der Waals surface area contributed by atoms with Crippen LogP contribution >= 0.6 is 0 Å². The molecule has 4 atom stereocenters. The molecule has 0 spiro atoms. The Balaban J connectivity index is 1.69. The maximum Gasteiger partial charge on any atom is 0.0777 e. The van der Waals surface area contributed by atoms with Crippen molar-refractivity contribution >= 4 is 0 Å². The summed E-state index contributed by atoms with van der Waals surface area (Å²) < 4.78 is 5.58. The highest BCUT2D eigenvalue weighted by Crippen LogP contribution is 2.33. The zero-order valence-corrected chi connectivity index (χ0v) is 12.9. The Hall–Kier alpha value is -0.900. The third-order valence-corrected chi connectivity index (χ3v) is 4.62. The molecule has 2 N–H and O–H groups in total. The topological polar surface area (TPSA) is 49.7 Å². The number of aliphatic hydroxyl groups excluding tert-OH is 2. The maximum atomic E-state index is 10.1. The minimum atomic E-state index is -0.482. The van der Waals surface area contributed by atoms with E-state index in [2.05, 4.69) is 6.92 Å². The first-order valence-electron chi connectivity index (χ1n) is 8.16. The molecule has 2 rings (SSSR count). The van der Waals surface area contributed by atoms with Gasteiger partial charge in [-0.05, 0) is 43.1 Å². The Morgan fingerprint density at radius 3 is 2.71 bits per heavy atom. The summed E-state index contributed by atoms with van der Waals surface area (Å²) in [7, 11) is 0. The van der Waals surface area contributed by atoms with Crippen molar-refractivity contribution in [2.45, 2.75) is 57.8 Å². The van der Waals surface area contributed by atoms with E-state index in [4.69, 9.17) is 4.74 Å². The first-order valence-corrected chi connectivity index (χ1v) is 8.16. The summed E-state index contributed by atoms with van der Waals surface area (Å²) in [4.78, 5) is 0. The van der Waals surface area contributed by atoms with Crippen molar-refractivity contribution in [3.05, 3.63) is 35.9 Å². The van der Waals surface area contributed by atoms with Crippen molar-refractivity contribution in [1.29, 1.82) is 0 Å². The molecule has 0 radical (unpaired) electrons. The molecule has 3 nitrogen and oxygen atoms in total. The SMILES string of the molecule is CCC1CCC(O)C(CC(O)COCc2ccccc2)C1. The summed E-state index contributed by atoms with van der Waals surface area (Å²) in [6, 6.07) is 9.98. The van der Waals surface area contributed by atoms with Crippen LogP contribution in [-0.4, -0.2) is 29.0 Å². The van der Waals surface area contributed by atoms with Crippen LogP contribution in [0.3, 0.4) is 0 Å². The third-order valence-electron chi connectivity index (χ3n) is 4.62. The normalized spacial score (nSPS) is 27.5. The Labute approximate surface area is 128 Å². The molecule has 3 heteroatoms. The molecule has 1 fully saturated rings. The fraction of sp³-hybridized carbons (Fsp3) is 0.667. The molecule has 0 bridgehead atoms. The van der Waals surface area contributed by atoms with Crippen LogP contribution in [0, 0.1) is 11.8 Å². The molecule has 4 unspecified atom stereocenters. The number of rotatable bonds is 7. The lowest BCUT2D eigenvalue weighted by Gasteiger charge is -2.34. The molecule has 1 aliphatic carbocycles. The molecular weight excluding hydrogens is 264 g/mol. The van der Waals surface area contributed by atoms with Crippen LogP contribution in [0.5, 0.6) is 0 Å². The van der Waals surface area contributed by atoms with Crippen LogP contribution in [0.15, 0.2) is 30.3 Å². The van der Waals surface area contributed by atoms with Gasteiger partial charge >= 0.3 is 0 Å². The van der Waals surface area contributed by atoms with Crippen LogP contribution in [0.2, 0.25) is 0 Å². The zero-order chi connectivity index (χ0) is 15.1. The summed E-state index contributed by atoms with van der Waals surface area (Å²) in [5, 5.41) is 20.2. The van der Waals surface area contributed by atoms with Crippen LogP contribution in [0.1, 0.15) is 44.6 Å². The van der Waals surface area contributed by atoms with Gasteiger partial charge in [0.15, 0.2) is 0 Å². The smallest absolute Gasteiger partial charge is 0.0777 e. The summed E-state index contributed by atoms with van der Waals surface area (Å²) in [6.07, 6.45) is 4.11. The fourth-order valence-corrected chi connectivity index (χ4v) is 3.27. The second-order valence-electron chi connectivity index (χ2n) is 6.31. The highest BCUT2D eigenvalue weighted by Gasteiger charge is 2.29. The molecule has 0 aliphatic heterocycles. The average Bonchev–Trinajstić information content (AvgIpc) is 2.50. The van der Waals surface area contributed by atoms with Crippen molar-refractivity contribution in [2.75, 3.05) is 6.61 Å². The number of hydrogen-bond donors (Lipinski definition) is 2. The molecule has 0 aromatic heterocycles. The molecule has 1 aromatic rings. The van der Waals surface area contributed by atoms with E-state index in [1.165, 1.54) is 6.42 Å². The Morgan fingerprint density at radius 1 is 1.24 bits per heavy atom. The van der Waals surface area contributed by atoms with Crippen LogP contribution in [0.25, 0.3) is 0 Å². The second kappa shape index (κ2) is 8.52. The molecular formula is C18H28O3. The predicted molar refractivity (Wildman–Crippen MR) is 83.9 cm³/mol. The van der Waals surface area contributed by atoms with Gasteiger partial charge in [0, 0.05) is 0 Å². The van der Waals surface area contributed by atoms with Crippen LogP contribution < -0.4 is 0 Å². The van der Waals surface area contributed by atoms with Gasteiger partial charge in [0.05, 0.1) is 25.4 Å². The van der Waals surface area contributed by atoms with Crippen molar-refractivity contribution in [1.82, 2.24) is 0 Å². The number of benzene rings is 1. The minimum Gasteiger partial charge on any atom is -0.393 e. The summed E-state index contributed by atoms with van der Waals surface area (Å²) >= 11 is 0. The molecule has 21 heavy (non-hydrogen) atoms. The van der Waals surface area contributed by atoms with E-state index in [1.54, 1.807) is 0 Å². The van der Waals surface area contributed by atoms with Crippen molar-refractivity contribution in [3.63, 3.8) is 0 Å². The first-order chi connectivity index (χ1) is 10.2. The Bertz CT molecular complexity index is 393. The first kappa shape index (κ1) is 16.5. The van der Waals surface area contributed by atoms with Gasteiger partial charge in [-0.1, -0.05) is 43.7 Å². The third kappa shape index (κ3) is 5.42. The lowest BCUT2D eigenvalue weighted by molar-refractivity contribution is -0.0183. The number of aliphatic hydroxyl groups is 2. The molecule has 0 heterocycles. The van der Waals surface area contributed by atoms with E-state index in [9.17, 15) is 10.2 Å². The van der Waals surface area contributed by atoms with E-state index in [0.717, 1.165) is 24.8 Å². The summed E-state index contributed by atoms with van der Waals surface area (Å²) in [5.41, 5.74) is 1.12. The quantitative estimate of drug-likeness (QED) is 0.811. The van der Waals surface area contributed by atoms with Gasteiger partial charge in [-0.15, -0.1) is 0 Å². The van der Waals surface area contributed by atoms with E-state index >= 15 is 0 Å². The van der Waals surface area contributed by atoms with Crippen molar-refractivity contribution < 1.29 is 14.9 Å². The van der Waals surface area contributed by atoms with Gasteiger partial charge in [-0.3, -0.25) is 0 Å². The average molecular weight is 292 g/mol. The minimum absolute atomic E-state index is 0.221. The van der Waals surface area contributed by atoms with Gasteiger partial charge in [0.2, 0.25) is 0 Å². The van der Waals surface area contributed by atoms with Crippen LogP contribution in [-0.2, 0) is 11.3 Å². The molecule has 118 valence electrons. The molecule has 0 amide bonds. The van der Waals surface area contributed by atoms with Gasteiger partial charge < -0.3 is 14.9 Å². The lowest BCUT2D eigenvalue weighted by atomic mass is 9.76. The second-order valence-corrected chi connectivity index (χ2v) is 6.31. The summed E-state index contributed by atoms with van der Waals surface area (Å²) in [6.45, 7) is 3.08. The number of hydrogen-bond acceptors (Lipinski definition) is 3. The van der Waals surface area contributed by atoms with E-state index in [1.807, 2.05) is 30.3 Å². The van der Waals surface area contributed by atoms with Crippen molar-refractivity contribution in [3.8, 4) is 0 Å². The maximum absolute atomic E-state index is 10.1. The highest BCUT2D eigenvalue weighted by molar-refractivity contribution is 5.13. The fourth-order valence-electron chi connectivity index (χ4n) is 3.27. The van der Waals surface area contributed by atoms with Crippen molar-refractivity contribution in [2.24, 2.45) is 11.8 Å². The van der Waals surface area contributed by atoms with Crippen LogP contribution in [0.4, 0.5) is 0 Å². The van der Waals surface area contributed by atoms with Gasteiger partial charge in [-0.25, -0.2) is 0 Å². The van der Waals surface area contributed by atoms with Gasteiger partial charge in [0.1, 0.15) is 0 Å². The summed E-state index contributed by atoms with van der Waals surface area (Å²) in [5.74, 6) is 0.926. The van der Waals surface area contributed by atoms with E-state index < -0.39 is 6.10 Å². The Morgan fingerprint density at radius 2 is 2.00 bits per heavy atom. The van der Waals surface area contributed by atoms with E-state index in [-0.39, 0.29) is 12.0 Å². The molecule has 0 saturated heterocycles. The standard InChI is InChI=1S/C18H28O3/c1-2-14-8-9-18(20)16(10-14)11-17(19)13-21-12-15-6-4-3-5-7-15/h3-7,14,16-20H,2,8-13H2,1H3. The predicted octanol–water partition coefficient (Wildman–Crippen LogP) is 3.14. The molecule has 1 aliphatic rings. The van der Waals surface area contributed by atoms with Gasteiger partial charge in [0.25, 0.3) is 0 Å².